The molecule has 0 bridgehead atoms. The molecule has 4 heteroatoms. The molecule has 0 atom stereocenters. The van der Waals surface area contributed by atoms with E-state index in [0.29, 0.717) is 10.0 Å². The maximum atomic E-state index is 6.35. The first kappa shape index (κ1) is 18.9. The van der Waals surface area contributed by atoms with Gasteiger partial charge in [-0.3, -0.25) is 4.90 Å². The lowest BCUT2D eigenvalue weighted by Gasteiger charge is -2.31. The molecule has 146 valence electrons. The van der Waals surface area contributed by atoms with Crippen LogP contribution >= 0.6 is 23.2 Å². The predicted molar refractivity (Wildman–Crippen MR) is 124 cm³/mol. The highest BCUT2D eigenvalue weighted by molar-refractivity contribution is 6.42. The number of halogens is 2. The second-order valence-electron chi connectivity index (χ2n) is 7.75. The summed E-state index contributed by atoms with van der Waals surface area (Å²) in [5.74, 6) is 0. The summed E-state index contributed by atoms with van der Waals surface area (Å²) in [4.78, 5) is 7.68. The molecule has 0 unspecified atom stereocenters. The normalized spacial score (nSPS) is 14.4. The Balaban J connectivity index is 1.82. The van der Waals surface area contributed by atoms with E-state index < -0.39 is 0 Å². The van der Waals surface area contributed by atoms with Gasteiger partial charge in [-0.1, -0.05) is 66.5 Å². The van der Waals surface area contributed by atoms with E-state index in [4.69, 9.17) is 28.2 Å². The van der Waals surface area contributed by atoms with Gasteiger partial charge in [0.2, 0.25) is 0 Å². The van der Waals surface area contributed by atoms with Crippen molar-refractivity contribution >= 4 is 44.9 Å². The van der Waals surface area contributed by atoms with Crippen LogP contribution in [0.2, 0.25) is 10.0 Å². The van der Waals surface area contributed by atoms with Crippen molar-refractivity contribution in [1.29, 1.82) is 0 Å². The minimum atomic E-state index is 0.569. The topological polar surface area (TPSA) is 16.1 Å². The average Bonchev–Trinajstić information content (AvgIpc) is 2.75. The van der Waals surface area contributed by atoms with E-state index in [1.54, 1.807) is 0 Å². The highest BCUT2D eigenvalue weighted by Gasteiger charge is 2.24. The number of aromatic nitrogens is 1. The third kappa shape index (κ3) is 3.30. The molecular weight excluding hydrogens is 399 g/mol. The number of benzene rings is 3. The van der Waals surface area contributed by atoms with E-state index in [9.17, 15) is 0 Å². The standard InChI is InChI=1S/C25H22Cl2N2/c1-2-12-29-13-11-19-20(15-29)25(17-7-9-21(26)22(27)14-17)28-23-10-8-16-5-3-4-6-18(16)24(19)23/h3-10,14H,2,11-13,15H2,1H3. The maximum absolute atomic E-state index is 6.35. The molecule has 2 nitrogen and oxygen atoms in total. The Labute approximate surface area is 181 Å². The van der Waals surface area contributed by atoms with E-state index in [2.05, 4.69) is 48.2 Å². The van der Waals surface area contributed by atoms with E-state index in [0.717, 1.165) is 49.2 Å². The van der Waals surface area contributed by atoms with Gasteiger partial charge in [-0.2, -0.15) is 0 Å². The van der Waals surface area contributed by atoms with Crippen molar-refractivity contribution in [3.05, 3.63) is 75.8 Å². The van der Waals surface area contributed by atoms with Crippen LogP contribution in [0.1, 0.15) is 24.5 Å². The van der Waals surface area contributed by atoms with Crippen LogP contribution in [0.25, 0.3) is 32.9 Å². The van der Waals surface area contributed by atoms with Crippen LogP contribution < -0.4 is 0 Å². The largest absolute Gasteiger partial charge is 0.299 e. The van der Waals surface area contributed by atoms with Gasteiger partial charge in [-0.05, 0) is 59.5 Å². The van der Waals surface area contributed by atoms with Crippen LogP contribution in [0.15, 0.2) is 54.6 Å². The Morgan fingerprint density at radius 3 is 2.66 bits per heavy atom. The van der Waals surface area contributed by atoms with Gasteiger partial charge in [0.15, 0.2) is 0 Å². The van der Waals surface area contributed by atoms with Gasteiger partial charge >= 0.3 is 0 Å². The Bertz CT molecular complexity index is 1230. The molecule has 0 radical (unpaired) electrons. The summed E-state index contributed by atoms with van der Waals surface area (Å²) in [6.45, 7) is 5.35. The van der Waals surface area contributed by atoms with Gasteiger partial charge in [0.05, 0.1) is 21.3 Å². The van der Waals surface area contributed by atoms with Crippen molar-refractivity contribution in [2.75, 3.05) is 13.1 Å². The quantitative estimate of drug-likeness (QED) is 0.327. The molecule has 0 amide bonds. The van der Waals surface area contributed by atoms with Crippen LogP contribution in [-0.2, 0) is 13.0 Å². The lowest BCUT2D eigenvalue weighted by atomic mass is 9.89. The highest BCUT2D eigenvalue weighted by Crippen LogP contribution is 2.38. The van der Waals surface area contributed by atoms with Crippen LogP contribution in [0.5, 0.6) is 0 Å². The minimum Gasteiger partial charge on any atom is -0.299 e. The number of rotatable bonds is 3. The zero-order valence-electron chi connectivity index (χ0n) is 16.4. The molecule has 0 saturated heterocycles. The molecular formula is C25H22Cl2N2. The maximum Gasteiger partial charge on any atom is 0.0758 e. The fourth-order valence-electron chi connectivity index (χ4n) is 4.56. The van der Waals surface area contributed by atoms with Gasteiger partial charge in [0, 0.05) is 24.0 Å². The second kappa shape index (κ2) is 7.60. The van der Waals surface area contributed by atoms with Gasteiger partial charge in [-0.15, -0.1) is 0 Å². The van der Waals surface area contributed by atoms with E-state index >= 15 is 0 Å². The summed E-state index contributed by atoms with van der Waals surface area (Å²) in [5.41, 5.74) is 5.87. The summed E-state index contributed by atoms with van der Waals surface area (Å²) in [6.07, 6.45) is 2.19. The monoisotopic (exact) mass is 420 g/mol. The molecule has 5 rings (SSSR count). The SMILES string of the molecule is CCCN1CCc2c(c(-c3ccc(Cl)c(Cl)c3)nc3ccc4ccccc4c23)C1. The number of fused-ring (bicyclic) bond motifs is 5. The van der Waals surface area contributed by atoms with Crippen molar-refractivity contribution < 1.29 is 0 Å². The van der Waals surface area contributed by atoms with E-state index in [-0.39, 0.29) is 0 Å². The summed E-state index contributed by atoms with van der Waals surface area (Å²) < 4.78 is 0. The fraction of sp³-hybridized carbons (Fsp3) is 0.240. The molecule has 1 aromatic heterocycles. The van der Waals surface area contributed by atoms with Crippen molar-refractivity contribution in [3.63, 3.8) is 0 Å². The minimum absolute atomic E-state index is 0.569. The van der Waals surface area contributed by atoms with Crippen molar-refractivity contribution in [1.82, 2.24) is 9.88 Å². The van der Waals surface area contributed by atoms with Gasteiger partial charge < -0.3 is 0 Å². The third-order valence-corrected chi connectivity index (χ3v) is 6.62. The van der Waals surface area contributed by atoms with Crippen molar-refractivity contribution in [2.45, 2.75) is 26.3 Å². The summed E-state index contributed by atoms with van der Waals surface area (Å²) >= 11 is 12.5. The number of nitrogens with zero attached hydrogens (tertiary/aromatic N) is 2. The number of hydrogen-bond acceptors (Lipinski definition) is 2. The molecule has 0 spiro atoms. The smallest absolute Gasteiger partial charge is 0.0758 e. The molecule has 0 fully saturated rings. The summed E-state index contributed by atoms with van der Waals surface area (Å²) in [6, 6.07) is 18.8. The first-order valence-electron chi connectivity index (χ1n) is 10.2. The fourth-order valence-corrected chi connectivity index (χ4v) is 4.86. The third-order valence-electron chi connectivity index (χ3n) is 5.88. The molecule has 2 heterocycles. The number of hydrogen-bond donors (Lipinski definition) is 0. The zero-order valence-corrected chi connectivity index (χ0v) is 17.9. The first-order valence-corrected chi connectivity index (χ1v) is 10.9. The Hall–Kier alpha value is -2.13. The van der Waals surface area contributed by atoms with Crippen molar-refractivity contribution in [2.24, 2.45) is 0 Å². The van der Waals surface area contributed by atoms with Crippen LogP contribution in [0.3, 0.4) is 0 Å². The van der Waals surface area contributed by atoms with Crippen LogP contribution in [0.4, 0.5) is 0 Å². The van der Waals surface area contributed by atoms with Gasteiger partial charge in [0.25, 0.3) is 0 Å². The Morgan fingerprint density at radius 1 is 0.966 bits per heavy atom. The van der Waals surface area contributed by atoms with Gasteiger partial charge in [0.1, 0.15) is 0 Å². The highest BCUT2D eigenvalue weighted by atomic mass is 35.5. The average molecular weight is 421 g/mol. The Kier molecular flexibility index (Phi) is 4.95. The summed E-state index contributed by atoms with van der Waals surface area (Å²) in [7, 11) is 0. The first-order chi connectivity index (χ1) is 14.2. The molecule has 29 heavy (non-hydrogen) atoms. The Morgan fingerprint density at radius 2 is 1.83 bits per heavy atom. The van der Waals surface area contributed by atoms with Crippen LogP contribution in [0, 0.1) is 0 Å². The molecule has 1 aliphatic rings. The molecule has 0 N–H and O–H groups in total. The lowest BCUT2D eigenvalue weighted by molar-refractivity contribution is 0.255. The molecule has 4 aromatic rings. The van der Waals surface area contributed by atoms with Crippen molar-refractivity contribution in [3.8, 4) is 11.3 Å². The van der Waals surface area contributed by atoms with Crippen LogP contribution in [-0.4, -0.2) is 23.0 Å². The van der Waals surface area contributed by atoms with E-state index in [1.807, 2.05) is 18.2 Å². The molecule has 3 aromatic carbocycles. The molecule has 1 aliphatic heterocycles. The molecule has 0 saturated carbocycles. The molecule has 0 aliphatic carbocycles. The lowest BCUT2D eigenvalue weighted by Crippen LogP contribution is -2.32. The second-order valence-corrected chi connectivity index (χ2v) is 8.57. The summed E-state index contributed by atoms with van der Waals surface area (Å²) in [5, 5.41) is 5.00. The number of pyridine rings is 1. The zero-order chi connectivity index (χ0) is 20.0. The van der Waals surface area contributed by atoms with Gasteiger partial charge in [-0.25, -0.2) is 4.98 Å². The predicted octanol–water partition coefficient (Wildman–Crippen LogP) is 7.13. The van der Waals surface area contributed by atoms with E-state index in [1.165, 1.54) is 27.3 Å².